The first kappa shape index (κ1) is 36.3. The van der Waals surface area contributed by atoms with Crippen molar-refractivity contribution in [3.8, 4) is 11.3 Å². The normalized spacial score (nSPS) is 19.4. The first-order valence-electron chi connectivity index (χ1n) is 13.9. The smallest absolute Gasteiger partial charge is 0.475 e. The number of likely N-dealkylation sites (tertiary alicyclic amines) is 1. The van der Waals surface area contributed by atoms with Gasteiger partial charge >= 0.3 is 24.3 Å². The zero-order chi connectivity index (χ0) is 33.6. The van der Waals surface area contributed by atoms with E-state index in [4.69, 9.17) is 29.5 Å². The van der Waals surface area contributed by atoms with Crippen LogP contribution in [0, 0.1) is 5.92 Å². The average molecular weight is 673 g/mol. The van der Waals surface area contributed by atoms with E-state index in [2.05, 4.69) is 21.6 Å². The van der Waals surface area contributed by atoms with Gasteiger partial charge in [0.1, 0.15) is 5.82 Å². The van der Waals surface area contributed by atoms with Gasteiger partial charge in [-0.1, -0.05) is 30.3 Å². The number of sulfonamides is 1. The number of rotatable bonds is 4. The second-order valence-corrected chi connectivity index (χ2v) is 12.7. The number of nitrogens with zero attached hydrogens (tertiary/aromatic N) is 4. The van der Waals surface area contributed by atoms with Gasteiger partial charge in [0, 0.05) is 45.9 Å². The predicted octanol–water partition coefficient (Wildman–Crippen LogP) is 3.81. The maximum Gasteiger partial charge on any atom is 0.490 e. The van der Waals surface area contributed by atoms with E-state index in [0.29, 0.717) is 19.0 Å². The number of carbonyl (C=O) groups is 2. The highest BCUT2D eigenvalue weighted by atomic mass is 32.2. The molecule has 1 spiro atoms. The minimum Gasteiger partial charge on any atom is -0.475 e. The number of hydrogen-bond acceptors (Lipinski definition) is 7. The van der Waals surface area contributed by atoms with E-state index in [1.165, 1.54) is 6.26 Å². The number of hydrogen-bond donors (Lipinski definition) is 2. The largest absolute Gasteiger partial charge is 0.490 e. The molecule has 0 unspecified atom stereocenters. The van der Waals surface area contributed by atoms with Gasteiger partial charge in [0.05, 0.1) is 23.7 Å². The van der Waals surface area contributed by atoms with Crippen LogP contribution in [0.2, 0.25) is 0 Å². The van der Waals surface area contributed by atoms with E-state index in [1.54, 1.807) is 4.31 Å². The third-order valence-electron chi connectivity index (χ3n) is 7.77. The van der Waals surface area contributed by atoms with E-state index >= 15 is 0 Å². The molecular formula is C27H34F6N4O7S. The van der Waals surface area contributed by atoms with Gasteiger partial charge in [0.15, 0.2) is 0 Å². The zero-order valence-electron chi connectivity index (χ0n) is 24.2. The second kappa shape index (κ2) is 14.5. The van der Waals surface area contributed by atoms with E-state index in [0.717, 1.165) is 75.6 Å². The van der Waals surface area contributed by atoms with Crippen LogP contribution in [0.4, 0.5) is 26.3 Å². The van der Waals surface area contributed by atoms with Gasteiger partial charge in [0.25, 0.3) is 0 Å². The van der Waals surface area contributed by atoms with Crippen molar-refractivity contribution >= 4 is 22.0 Å². The van der Waals surface area contributed by atoms with Crippen molar-refractivity contribution in [1.29, 1.82) is 0 Å². The fraction of sp³-hybridized carbons (Fsp3) is 0.593. The Hall–Kier alpha value is -3.22. The number of benzene rings is 1. The molecule has 252 valence electrons. The summed E-state index contributed by atoms with van der Waals surface area (Å²) in [6.45, 7) is 5.76. The van der Waals surface area contributed by atoms with Gasteiger partial charge in [-0.05, 0) is 37.2 Å². The Morgan fingerprint density at radius 3 is 1.91 bits per heavy atom. The molecule has 2 fully saturated rings. The zero-order valence-corrected chi connectivity index (χ0v) is 25.0. The summed E-state index contributed by atoms with van der Waals surface area (Å²) in [6.07, 6.45) is -3.07. The number of halogens is 6. The van der Waals surface area contributed by atoms with Crippen LogP contribution < -0.4 is 0 Å². The molecule has 45 heavy (non-hydrogen) atoms. The molecule has 4 heterocycles. The molecule has 0 saturated carbocycles. The third kappa shape index (κ3) is 9.40. The van der Waals surface area contributed by atoms with Crippen LogP contribution in [0.15, 0.2) is 36.5 Å². The van der Waals surface area contributed by atoms with Crippen LogP contribution in [-0.2, 0) is 36.4 Å². The number of fused-ring (bicyclic) bond motifs is 2. The lowest BCUT2D eigenvalue weighted by Crippen LogP contribution is -2.59. The van der Waals surface area contributed by atoms with Crippen molar-refractivity contribution in [1.82, 2.24) is 18.8 Å². The van der Waals surface area contributed by atoms with Gasteiger partial charge in [-0.2, -0.15) is 30.6 Å². The number of carboxylic acids is 2. The summed E-state index contributed by atoms with van der Waals surface area (Å²) in [6, 6.07) is 10.3. The summed E-state index contributed by atoms with van der Waals surface area (Å²) in [5, 5.41) is 14.2. The maximum atomic E-state index is 12.8. The van der Waals surface area contributed by atoms with Gasteiger partial charge in [-0.3, -0.25) is 0 Å². The second-order valence-electron chi connectivity index (χ2n) is 10.8. The number of aliphatic carboxylic acids is 2. The highest BCUT2D eigenvalue weighted by molar-refractivity contribution is 7.88. The van der Waals surface area contributed by atoms with Crippen molar-refractivity contribution < 1.29 is 59.3 Å². The lowest BCUT2D eigenvalue weighted by Gasteiger charge is -2.50. The Balaban J connectivity index is 0.000000331. The number of carboxylic acid groups (broad SMARTS) is 2. The minimum atomic E-state index is -5.08. The minimum absolute atomic E-state index is 0.502. The van der Waals surface area contributed by atoms with Crippen LogP contribution in [0.3, 0.4) is 0 Å². The number of aromatic nitrogens is 2. The third-order valence-corrected chi connectivity index (χ3v) is 9.10. The highest BCUT2D eigenvalue weighted by Gasteiger charge is 2.51. The molecule has 3 aliphatic rings. The summed E-state index contributed by atoms with van der Waals surface area (Å²) in [5.74, 6) is -3.92. The van der Waals surface area contributed by atoms with Crippen LogP contribution >= 0.6 is 0 Å². The summed E-state index contributed by atoms with van der Waals surface area (Å²) in [5.41, 5.74) is 1.65. The fourth-order valence-corrected chi connectivity index (χ4v) is 7.00. The molecule has 1 aromatic carbocycles. The molecule has 0 bridgehead atoms. The average Bonchev–Trinajstić information content (AvgIpc) is 3.40. The van der Waals surface area contributed by atoms with Gasteiger partial charge in [0.2, 0.25) is 10.0 Å². The summed E-state index contributed by atoms with van der Waals surface area (Å²) >= 11 is 0. The molecule has 0 radical (unpaired) electrons. The van der Waals surface area contributed by atoms with Crippen LogP contribution in [0.25, 0.3) is 11.3 Å². The summed E-state index contributed by atoms with van der Waals surface area (Å²) in [7, 11) is -3.33. The standard InChI is InChI=1S/C23H32N4O3S.2C2HF3O2/c1-31(28,29)27-14-13-26-21(20-5-3-2-4-6-20)17-24-22(26)23(27)9-11-25(12-10-23)18-19-7-15-30-16-8-19;2*3-2(4,5)1(6)7/h2-6,17,19H,7-16,18H2,1H3;2*(H,6,7). The van der Waals surface area contributed by atoms with Crippen molar-refractivity contribution in [3.63, 3.8) is 0 Å². The molecule has 2 aromatic rings. The Morgan fingerprint density at radius 2 is 1.44 bits per heavy atom. The highest BCUT2D eigenvalue weighted by Crippen LogP contribution is 2.44. The Labute approximate surface area is 255 Å². The SMILES string of the molecule is CS(=O)(=O)N1CCn2c(-c3ccccc3)cnc2C12CCN(CC1CCOCC1)CC2.O=C(O)C(F)(F)F.O=C(O)C(F)(F)F. The van der Waals surface area contributed by atoms with Crippen molar-refractivity contribution in [2.45, 2.75) is 50.1 Å². The predicted molar refractivity (Wildman–Crippen MR) is 147 cm³/mol. The molecule has 2 saturated heterocycles. The molecule has 0 amide bonds. The van der Waals surface area contributed by atoms with Crippen molar-refractivity contribution in [3.05, 3.63) is 42.4 Å². The lowest BCUT2D eigenvalue weighted by atomic mass is 9.84. The maximum absolute atomic E-state index is 12.8. The van der Waals surface area contributed by atoms with Crippen molar-refractivity contribution in [2.75, 3.05) is 45.6 Å². The van der Waals surface area contributed by atoms with E-state index in [1.807, 2.05) is 24.4 Å². The molecule has 1 aromatic heterocycles. The van der Waals surface area contributed by atoms with Crippen LogP contribution in [-0.4, -0.2) is 107 Å². The topological polar surface area (TPSA) is 142 Å². The molecule has 3 aliphatic heterocycles. The Morgan fingerprint density at radius 1 is 0.933 bits per heavy atom. The number of piperidine rings is 1. The number of alkyl halides is 6. The molecule has 18 heteroatoms. The molecule has 11 nitrogen and oxygen atoms in total. The molecule has 2 N–H and O–H groups in total. The fourth-order valence-electron chi connectivity index (χ4n) is 5.69. The van der Waals surface area contributed by atoms with Crippen LogP contribution in [0.5, 0.6) is 0 Å². The summed E-state index contributed by atoms with van der Waals surface area (Å²) in [4.78, 5) is 25.1. The summed E-state index contributed by atoms with van der Waals surface area (Å²) < 4.78 is 98.6. The van der Waals surface area contributed by atoms with Gasteiger partial charge < -0.3 is 24.4 Å². The number of imidazole rings is 1. The van der Waals surface area contributed by atoms with Gasteiger partial charge in [-0.15, -0.1) is 0 Å². The van der Waals surface area contributed by atoms with Crippen molar-refractivity contribution in [2.24, 2.45) is 5.92 Å². The van der Waals surface area contributed by atoms with Crippen LogP contribution in [0.1, 0.15) is 31.5 Å². The Kier molecular flexibility index (Phi) is 11.7. The molecule has 0 aliphatic carbocycles. The van der Waals surface area contributed by atoms with E-state index in [9.17, 15) is 34.8 Å². The van der Waals surface area contributed by atoms with E-state index < -0.39 is 39.9 Å². The lowest BCUT2D eigenvalue weighted by molar-refractivity contribution is -0.193. The molecular weight excluding hydrogens is 638 g/mol. The quantitative estimate of drug-likeness (QED) is 0.464. The molecule has 5 rings (SSSR count). The van der Waals surface area contributed by atoms with Gasteiger partial charge in [-0.25, -0.2) is 23.0 Å². The monoisotopic (exact) mass is 672 g/mol. The Bertz CT molecular complexity index is 1380. The first-order valence-corrected chi connectivity index (χ1v) is 15.7. The number of ether oxygens (including phenoxy) is 1. The van der Waals surface area contributed by atoms with E-state index in [-0.39, 0.29) is 0 Å². The molecule has 0 atom stereocenters. The first-order chi connectivity index (χ1) is 20.9.